The maximum Gasteiger partial charge on any atom is 0.328 e. The van der Waals surface area contributed by atoms with Crippen molar-refractivity contribution in [1.82, 2.24) is 14.5 Å². The van der Waals surface area contributed by atoms with Gasteiger partial charge in [0.25, 0.3) is 0 Å². The van der Waals surface area contributed by atoms with Gasteiger partial charge in [-0.15, -0.1) is 0 Å². The Morgan fingerprint density at radius 2 is 1.76 bits per heavy atom. The van der Waals surface area contributed by atoms with Crippen molar-refractivity contribution in [3.05, 3.63) is 64.1 Å². The van der Waals surface area contributed by atoms with Crippen LogP contribution in [0.3, 0.4) is 0 Å². The maximum absolute atomic E-state index is 12.1. The van der Waals surface area contributed by atoms with E-state index in [1.54, 1.807) is 23.2 Å². The topological polar surface area (TPSA) is 68.4 Å². The highest BCUT2D eigenvalue weighted by atomic mass is 16.5. The zero-order chi connectivity index (χ0) is 20.4. The van der Waals surface area contributed by atoms with Crippen molar-refractivity contribution in [3.63, 3.8) is 0 Å². The minimum atomic E-state index is -0.765. The fourth-order valence-electron chi connectivity index (χ4n) is 4.10. The summed E-state index contributed by atoms with van der Waals surface area (Å²) in [6.45, 7) is 1.04. The molecular weight excluding hydrogens is 366 g/mol. The lowest BCUT2D eigenvalue weighted by Crippen LogP contribution is -2.25. The number of hydrogen-bond acceptors (Lipinski definition) is 4. The van der Waals surface area contributed by atoms with Gasteiger partial charge in [-0.25, -0.2) is 4.79 Å². The molecule has 1 atom stereocenters. The van der Waals surface area contributed by atoms with Crippen molar-refractivity contribution in [3.8, 4) is 5.75 Å². The van der Waals surface area contributed by atoms with Crippen molar-refractivity contribution < 1.29 is 9.84 Å². The Balaban J connectivity index is 1.35. The van der Waals surface area contributed by atoms with Crippen LogP contribution < -0.4 is 15.7 Å². The second-order valence-electron chi connectivity index (χ2n) is 7.98. The smallest absolute Gasteiger partial charge is 0.328 e. The second kappa shape index (κ2) is 8.43. The highest BCUT2D eigenvalue weighted by molar-refractivity contribution is 5.76. The van der Waals surface area contributed by atoms with Crippen LogP contribution in [-0.2, 0) is 20.6 Å². The van der Waals surface area contributed by atoms with Crippen LogP contribution in [0.15, 0.2) is 47.3 Å². The Hall–Kier alpha value is -2.57. The summed E-state index contributed by atoms with van der Waals surface area (Å²) >= 11 is 0. The van der Waals surface area contributed by atoms with Gasteiger partial charge < -0.3 is 15.2 Å². The zero-order valence-electron chi connectivity index (χ0n) is 17.1. The average Bonchev–Trinajstić information content (AvgIpc) is 3.34. The summed E-state index contributed by atoms with van der Waals surface area (Å²) in [5.41, 5.74) is 3.53. The number of aromatic nitrogens is 2. The molecule has 2 aromatic carbocycles. The first-order valence-corrected chi connectivity index (χ1v) is 10.3. The van der Waals surface area contributed by atoms with Gasteiger partial charge in [-0.3, -0.25) is 9.13 Å². The molecule has 1 heterocycles. The lowest BCUT2D eigenvalue weighted by molar-refractivity contribution is 0.108. The summed E-state index contributed by atoms with van der Waals surface area (Å²) in [6.07, 6.45) is 4.46. The molecule has 0 aliphatic heterocycles. The monoisotopic (exact) mass is 395 g/mol. The SMILES string of the molecule is Cn1c(=O)n(C)c2cc([C@H](O)COc3ccc(CNC4CCCC4)cc3)ccc21. The second-order valence-corrected chi connectivity index (χ2v) is 7.98. The third-order valence-electron chi connectivity index (χ3n) is 5.96. The van der Waals surface area contributed by atoms with Crippen LogP contribution in [0, 0.1) is 0 Å². The Morgan fingerprint density at radius 1 is 1.07 bits per heavy atom. The predicted molar refractivity (Wildman–Crippen MR) is 114 cm³/mol. The summed E-state index contributed by atoms with van der Waals surface area (Å²) in [4.78, 5) is 12.1. The first-order valence-electron chi connectivity index (χ1n) is 10.3. The number of imidazole rings is 1. The van der Waals surface area contributed by atoms with Gasteiger partial charge in [-0.05, 0) is 48.2 Å². The highest BCUT2D eigenvalue weighted by Crippen LogP contribution is 2.22. The molecule has 3 aromatic rings. The number of nitrogens with zero attached hydrogens (tertiary/aromatic N) is 2. The van der Waals surface area contributed by atoms with Crippen LogP contribution in [-0.4, -0.2) is 26.9 Å². The molecule has 0 amide bonds. The summed E-state index contributed by atoms with van der Waals surface area (Å²) in [6, 6.07) is 14.2. The van der Waals surface area contributed by atoms with E-state index in [9.17, 15) is 9.90 Å². The number of nitrogens with one attached hydrogen (secondary N) is 1. The summed E-state index contributed by atoms with van der Waals surface area (Å²) in [5.74, 6) is 0.738. The lowest BCUT2D eigenvalue weighted by Gasteiger charge is -2.14. The highest BCUT2D eigenvalue weighted by Gasteiger charge is 2.15. The van der Waals surface area contributed by atoms with E-state index in [1.807, 2.05) is 30.3 Å². The largest absolute Gasteiger partial charge is 0.491 e. The zero-order valence-corrected chi connectivity index (χ0v) is 17.1. The van der Waals surface area contributed by atoms with Gasteiger partial charge in [0.15, 0.2) is 0 Å². The van der Waals surface area contributed by atoms with E-state index in [4.69, 9.17) is 4.74 Å². The predicted octanol–water partition coefficient (Wildman–Crippen LogP) is 3.02. The van der Waals surface area contributed by atoms with Gasteiger partial charge in [-0.2, -0.15) is 0 Å². The molecule has 1 aliphatic carbocycles. The molecule has 0 unspecified atom stereocenters. The van der Waals surface area contributed by atoms with Gasteiger partial charge >= 0.3 is 5.69 Å². The van der Waals surface area contributed by atoms with E-state index in [0.717, 1.165) is 28.9 Å². The third-order valence-corrected chi connectivity index (χ3v) is 5.96. The number of fused-ring (bicyclic) bond motifs is 1. The molecule has 4 rings (SSSR count). The normalized spacial score (nSPS) is 15.8. The Labute approximate surface area is 170 Å². The van der Waals surface area contributed by atoms with E-state index in [2.05, 4.69) is 17.4 Å². The first-order chi connectivity index (χ1) is 14.0. The Bertz CT molecular complexity index is 1030. The number of benzene rings is 2. The minimum Gasteiger partial charge on any atom is -0.491 e. The van der Waals surface area contributed by atoms with Crippen molar-refractivity contribution >= 4 is 11.0 Å². The summed E-state index contributed by atoms with van der Waals surface area (Å²) in [7, 11) is 3.48. The number of ether oxygens (including phenoxy) is 1. The lowest BCUT2D eigenvalue weighted by atomic mass is 10.1. The maximum atomic E-state index is 12.1. The van der Waals surface area contributed by atoms with Crippen molar-refractivity contribution in [1.29, 1.82) is 0 Å². The van der Waals surface area contributed by atoms with E-state index in [1.165, 1.54) is 31.2 Å². The fraction of sp³-hybridized carbons (Fsp3) is 0.435. The molecule has 2 N–H and O–H groups in total. The van der Waals surface area contributed by atoms with Gasteiger partial charge in [-0.1, -0.05) is 31.0 Å². The molecule has 0 saturated heterocycles. The van der Waals surface area contributed by atoms with Crippen LogP contribution in [0.1, 0.15) is 42.9 Å². The average molecular weight is 396 g/mol. The molecule has 0 bridgehead atoms. The van der Waals surface area contributed by atoms with Crippen LogP contribution in [0.4, 0.5) is 0 Å². The van der Waals surface area contributed by atoms with E-state index < -0.39 is 6.10 Å². The van der Waals surface area contributed by atoms with Crippen LogP contribution in [0.25, 0.3) is 11.0 Å². The van der Waals surface area contributed by atoms with Crippen molar-refractivity contribution in [2.24, 2.45) is 14.1 Å². The molecule has 6 nitrogen and oxygen atoms in total. The van der Waals surface area contributed by atoms with E-state index in [0.29, 0.717) is 6.04 Å². The number of rotatable bonds is 7. The molecule has 6 heteroatoms. The number of hydrogen-bond donors (Lipinski definition) is 2. The number of aliphatic hydroxyl groups is 1. The number of aliphatic hydroxyl groups excluding tert-OH is 1. The molecular formula is C23H29N3O3. The summed E-state index contributed by atoms with van der Waals surface area (Å²) in [5, 5.41) is 14.1. The molecule has 29 heavy (non-hydrogen) atoms. The number of aryl methyl sites for hydroxylation is 2. The van der Waals surface area contributed by atoms with Crippen LogP contribution >= 0.6 is 0 Å². The molecule has 154 valence electrons. The molecule has 0 spiro atoms. The molecule has 1 saturated carbocycles. The Kier molecular flexibility index (Phi) is 5.74. The van der Waals surface area contributed by atoms with Gasteiger partial charge in [0.2, 0.25) is 0 Å². The van der Waals surface area contributed by atoms with Crippen LogP contribution in [0.5, 0.6) is 5.75 Å². The third kappa shape index (κ3) is 4.23. The Morgan fingerprint density at radius 3 is 2.48 bits per heavy atom. The molecule has 1 aliphatic rings. The quantitative estimate of drug-likeness (QED) is 0.645. The molecule has 0 radical (unpaired) electrons. The standard InChI is InChI=1S/C23H29N3O3/c1-25-20-12-9-17(13-21(20)26(2)23(25)28)22(27)15-29-19-10-7-16(8-11-19)14-24-18-5-3-4-6-18/h7-13,18,22,24,27H,3-6,14-15H2,1-2H3/t22-/m1/s1. The van der Waals surface area contributed by atoms with E-state index >= 15 is 0 Å². The van der Waals surface area contributed by atoms with E-state index in [-0.39, 0.29) is 12.3 Å². The molecule has 1 aromatic heterocycles. The van der Waals surface area contributed by atoms with Gasteiger partial charge in [0.05, 0.1) is 11.0 Å². The van der Waals surface area contributed by atoms with Gasteiger partial charge in [0, 0.05) is 26.7 Å². The molecule has 1 fully saturated rings. The fourth-order valence-corrected chi connectivity index (χ4v) is 4.10. The van der Waals surface area contributed by atoms with Crippen molar-refractivity contribution in [2.45, 2.75) is 44.4 Å². The van der Waals surface area contributed by atoms with Crippen LogP contribution in [0.2, 0.25) is 0 Å². The summed E-state index contributed by atoms with van der Waals surface area (Å²) < 4.78 is 8.97. The van der Waals surface area contributed by atoms with Gasteiger partial charge in [0.1, 0.15) is 18.5 Å². The first kappa shape index (κ1) is 19.7. The minimum absolute atomic E-state index is 0.0783. The van der Waals surface area contributed by atoms with Crippen molar-refractivity contribution in [2.75, 3.05) is 6.61 Å².